The van der Waals surface area contributed by atoms with Gasteiger partial charge >= 0.3 is 0 Å². The average molecular weight is 391 g/mol. The van der Waals surface area contributed by atoms with Crippen LogP contribution in [0.4, 0.5) is 0 Å². The Bertz CT molecular complexity index is 954. The molecule has 2 aliphatic rings. The first-order valence-corrected chi connectivity index (χ1v) is 10.5. The van der Waals surface area contributed by atoms with Gasteiger partial charge in [0.2, 0.25) is 0 Å². The summed E-state index contributed by atoms with van der Waals surface area (Å²) in [5.41, 5.74) is 4.55. The molecule has 6 heteroatoms. The van der Waals surface area contributed by atoms with Crippen molar-refractivity contribution in [2.45, 2.75) is 18.9 Å². The Hall–Kier alpha value is -2.57. The van der Waals surface area contributed by atoms with Crippen LogP contribution in [0.3, 0.4) is 0 Å². The Morgan fingerprint density at radius 1 is 0.929 bits per heavy atom. The highest BCUT2D eigenvalue weighted by molar-refractivity contribution is 7.08. The third kappa shape index (κ3) is 3.34. The van der Waals surface area contributed by atoms with Crippen LogP contribution in [-0.2, 0) is 12.8 Å². The molecule has 1 aliphatic heterocycles. The van der Waals surface area contributed by atoms with Crippen LogP contribution in [0.25, 0.3) is 11.4 Å². The molecule has 1 aliphatic carbocycles. The monoisotopic (exact) mass is 390 g/mol. The highest BCUT2D eigenvalue weighted by Gasteiger charge is 2.31. The fourth-order valence-electron chi connectivity index (χ4n) is 4.25. The van der Waals surface area contributed by atoms with Gasteiger partial charge in [0, 0.05) is 38.4 Å². The van der Waals surface area contributed by atoms with Crippen molar-refractivity contribution in [1.29, 1.82) is 0 Å². The average Bonchev–Trinajstić information content (AvgIpc) is 3.41. The second kappa shape index (κ2) is 7.45. The summed E-state index contributed by atoms with van der Waals surface area (Å²) in [6, 6.07) is 16.9. The van der Waals surface area contributed by atoms with Gasteiger partial charge in [-0.05, 0) is 53.7 Å². The van der Waals surface area contributed by atoms with Crippen molar-refractivity contribution in [1.82, 2.24) is 19.2 Å². The lowest BCUT2D eigenvalue weighted by Crippen LogP contribution is -2.52. The van der Waals surface area contributed by atoms with Crippen LogP contribution in [0.5, 0.6) is 0 Å². The molecule has 1 fully saturated rings. The number of amides is 1. The number of fused-ring (bicyclic) bond motifs is 1. The maximum atomic E-state index is 12.9. The summed E-state index contributed by atoms with van der Waals surface area (Å²) in [6.45, 7) is 3.44. The van der Waals surface area contributed by atoms with E-state index in [0.717, 1.165) is 50.4 Å². The van der Waals surface area contributed by atoms with Gasteiger partial charge in [-0.25, -0.2) is 0 Å². The van der Waals surface area contributed by atoms with Crippen molar-refractivity contribution in [2.24, 2.45) is 0 Å². The fourth-order valence-corrected chi connectivity index (χ4v) is 4.97. The molecule has 0 unspecified atom stereocenters. The Morgan fingerprint density at radius 2 is 1.64 bits per heavy atom. The van der Waals surface area contributed by atoms with Gasteiger partial charge in [0.15, 0.2) is 0 Å². The first kappa shape index (κ1) is 17.5. The maximum Gasteiger partial charge on any atom is 0.265 e. The fraction of sp³-hybridized carbons (Fsp3) is 0.318. The minimum absolute atomic E-state index is 0.0917. The molecular weight excluding hydrogens is 368 g/mol. The molecule has 0 radical (unpaired) electrons. The smallest absolute Gasteiger partial charge is 0.265 e. The van der Waals surface area contributed by atoms with Crippen LogP contribution >= 0.6 is 11.5 Å². The van der Waals surface area contributed by atoms with Crippen LogP contribution < -0.4 is 0 Å². The van der Waals surface area contributed by atoms with E-state index in [-0.39, 0.29) is 5.91 Å². The van der Waals surface area contributed by atoms with Crippen molar-refractivity contribution in [3.63, 3.8) is 0 Å². The van der Waals surface area contributed by atoms with E-state index >= 15 is 0 Å². The lowest BCUT2D eigenvalue weighted by Gasteiger charge is -2.37. The zero-order chi connectivity index (χ0) is 18.9. The molecular formula is C22H22N4OS. The van der Waals surface area contributed by atoms with Crippen molar-refractivity contribution < 1.29 is 4.79 Å². The summed E-state index contributed by atoms with van der Waals surface area (Å²) in [4.78, 5) is 22.4. The molecule has 0 saturated carbocycles. The molecule has 0 spiro atoms. The Balaban J connectivity index is 1.21. The largest absolute Gasteiger partial charge is 0.335 e. The number of piperazine rings is 1. The molecule has 1 aromatic carbocycles. The normalized spacial score (nSPS) is 17.6. The molecule has 1 amide bonds. The van der Waals surface area contributed by atoms with E-state index in [9.17, 15) is 4.79 Å². The molecule has 5 nitrogen and oxygen atoms in total. The van der Waals surface area contributed by atoms with Crippen LogP contribution in [-0.4, -0.2) is 57.3 Å². The number of rotatable bonds is 3. The highest BCUT2D eigenvalue weighted by atomic mass is 32.1. The molecule has 0 bridgehead atoms. The van der Waals surface area contributed by atoms with E-state index in [4.69, 9.17) is 0 Å². The quantitative estimate of drug-likeness (QED) is 0.689. The summed E-state index contributed by atoms with van der Waals surface area (Å²) in [5, 5.41) is 0. The van der Waals surface area contributed by atoms with Crippen molar-refractivity contribution in [3.8, 4) is 11.4 Å². The van der Waals surface area contributed by atoms with Gasteiger partial charge in [-0.3, -0.25) is 14.7 Å². The second-order valence-corrected chi connectivity index (χ2v) is 8.26. The number of carbonyl (C=O) groups excluding carboxylic acids is 1. The van der Waals surface area contributed by atoms with Gasteiger partial charge in [-0.2, -0.15) is 4.37 Å². The van der Waals surface area contributed by atoms with E-state index in [1.54, 1.807) is 6.20 Å². The number of hydrogen-bond acceptors (Lipinski definition) is 5. The summed E-state index contributed by atoms with van der Waals surface area (Å²) < 4.78 is 4.42. The number of benzene rings is 1. The molecule has 28 heavy (non-hydrogen) atoms. The third-order valence-corrected chi connectivity index (χ3v) is 6.57. The standard InChI is InChI=1S/C22H22N4OS/c27-22(21-15-20(24-28-21)19-7-3-4-8-23-19)26-11-9-25(10-12-26)18-13-16-5-1-2-6-17(16)14-18/h1-8,15,18H,9-14H2. The summed E-state index contributed by atoms with van der Waals surface area (Å²) in [7, 11) is 0. The van der Waals surface area contributed by atoms with E-state index in [2.05, 4.69) is 38.5 Å². The Morgan fingerprint density at radius 3 is 2.32 bits per heavy atom. The summed E-state index contributed by atoms with van der Waals surface area (Å²) >= 11 is 1.27. The molecule has 142 valence electrons. The minimum Gasteiger partial charge on any atom is -0.335 e. The predicted molar refractivity (Wildman–Crippen MR) is 110 cm³/mol. The SMILES string of the molecule is O=C(c1cc(-c2ccccn2)ns1)N1CCN(C2Cc3ccccc3C2)CC1. The summed E-state index contributed by atoms with van der Waals surface area (Å²) in [5.74, 6) is 0.0917. The molecule has 3 heterocycles. The molecule has 5 rings (SSSR count). The van der Waals surface area contributed by atoms with Gasteiger partial charge in [0.05, 0.1) is 5.69 Å². The molecule has 2 aromatic heterocycles. The lowest BCUT2D eigenvalue weighted by atomic mass is 10.1. The van der Waals surface area contributed by atoms with Crippen LogP contribution in [0, 0.1) is 0 Å². The van der Waals surface area contributed by atoms with Crippen LogP contribution in [0.15, 0.2) is 54.7 Å². The number of carbonyl (C=O) groups is 1. The van der Waals surface area contributed by atoms with Crippen molar-refractivity contribution in [3.05, 3.63) is 70.7 Å². The molecule has 0 atom stereocenters. The van der Waals surface area contributed by atoms with E-state index in [1.807, 2.05) is 29.2 Å². The first-order chi connectivity index (χ1) is 13.8. The Kier molecular flexibility index (Phi) is 4.66. The van der Waals surface area contributed by atoms with Crippen LogP contribution in [0.2, 0.25) is 0 Å². The minimum atomic E-state index is 0.0917. The number of hydrogen-bond donors (Lipinski definition) is 0. The maximum absolute atomic E-state index is 12.9. The van der Waals surface area contributed by atoms with Gasteiger partial charge in [0.1, 0.15) is 10.6 Å². The molecule has 3 aromatic rings. The second-order valence-electron chi connectivity index (χ2n) is 7.45. The van der Waals surface area contributed by atoms with Crippen molar-refractivity contribution >= 4 is 17.4 Å². The van der Waals surface area contributed by atoms with Gasteiger partial charge in [-0.15, -0.1) is 0 Å². The third-order valence-electron chi connectivity index (χ3n) is 5.80. The number of pyridine rings is 1. The molecule has 1 saturated heterocycles. The summed E-state index contributed by atoms with van der Waals surface area (Å²) in [6.07, 6.45) is 4.01. The molecule has 0 N–H and O–H groups in total. The first-order valence-electron chi connectivity index (χ1n) is 9.76. The highest BCUT2D eigenvalue weighted by Crippen LogP contribution is 2.27. The van der Waals surface area contributed by atoms with Gasteiger partial charge < -0.3 is 4.90 Å². The number of nitrogens with zero attached hydrogens (tertiary/aromatic N) is 4. The topological polar surface area (TPSA) is 49.3 Å². The van der Waals surface area contributed by atoms with Crippen LogP contribution in [0.1, 0.15) is 20.8 Å². The zero-order valence-corrected chi connectivity index (χ0v) is 16.4. The lowest BCUT2D eigenvalue weighted by molar-refractivity contribution is 0.0580. The van der Waals surface area contributed by atoms with Crippen molar-refractivity contribution in [2.75, 3.05) is 26.2 Å². The van der Waals surface area contributed by atoms with Gasteiger partial charge in [0.25, 0.3) is 5.91 Å². The Labute approximate surface area is 168 Å². The van der Waals surface area contributed by atoms with E-state index in [1.165, 1.54) is 22.7 Å². The number of aromatic nitrogens is 2. The van der Waals surface area contributed by atoms with E-state index < -0.39 is 0 Å². The zero-order valence-electron chi connectivity index (χ0n) is 15.6. The van der Waals surface area contributed by atoms with Gasteiger partial charge in [-0.1, -0.05) is 30.3 Å². The predicted octanol–water partition coefficient (Wildman–Crippen LogP) is 3.13. The van der Waals surface area contributed by atoms with E-state index in [0.29, 0.717) is 10.9 Å².